The van der Waals surface area contributed by atoms with Crippen LogP contribution in [0.15, 0.2) is 78.2 Å². The third-order valence-corrected chi connectivity index (χ3v) is 9.14. The van der Waals surface area contributed by atoms with Crippen molar-refractivity contribution in [2.75, 3.05) is 39.2 Å². The van der Waals surface area contributed by atoms with Gasteiger partial charge in [-0.05, 0) is 84.8 Å². The standard InChI is InChI=1S/C38H37F3N2O8S/c1-6-49-35(47)37(36(48)50-7-2,32-23(3)18-19-52-32)22-51-31(44)21-24-12-17-30(29(20-24)34(46)43(4)5)42-33(45)28-11-9-8-10-27(28)25-13-15-26(16-14-25)38(39,40)41/h8-20H,6-7,21-22H2,1-5H3,(H,42,45). The van der Waals surface area contributed by atoms with Crippen molar-refractivity contribution in [1.29, 1.82) is 0 Å². The summed E-state index contributed by atoms with van der Waals surface area (Å²) in [5, 5.41) is 4.41. The maximum atomic E-state index is 13.6. The van der Waals surface area contributed by atoms with E-state index in [4.69, 9.17) is 14.2 Å². The van der Waals surface area contributed by atoms with Gasteiger partial charge in [0.15, 0.2) is 0 Å². The summed E-state index contributed by atoms with van der Waals surface area (Å²) in [6, 6.07) is 16.8. The first-order valence-corrected chi connectivity index (χ1v) is 17.0. The number of nitrogens with zero attached hydrogens (tertiary/aromatic N) is 1. The molecule has 4 rings (SSSR count). The molecule has 0 aliphatic carbocycles. The first kappa shape index (κ1) is 39.3. The minimum Gasteiger partial charge on any atom is -0.465 e. The van der Waals surface area contributed by atoms with Crippen molar-refractivity contribution in [2.24, 2.45) is 0 Å². The Kier molecular flexibility index (Phi) is 12.6. The van der Waals surface area contributed by atoms with Crippen LogP contribution in [0, 0.1) is 6.92 Å². The van der Waals surface area contributed by atoms with Gasteiger partial charge in [0, 0.05) is 24.5 Å². The van der Waals surface area contributed by atoms with E-state index in [-0.39, 0.29) is 36.4 Å². The normalized spacial score (nSPS) is 11.4. The summed E-state index contributed by atoms with van der Waals surface area (Å²) in [6.45, 7) is 4.10. The van der Waals surface area contributed by atoms with Crippen LogP contribution in [0.4, 0.5) is 18.9 Å². The van der Waals surface area contributed by atoms with Crippen molar-refractivity contribution in [3.8, 4) is 11.1 Å². The number of nitrogens with one attached hydrogen (secondary N) is 1. The first-order chi connectivity index (χ1) is 24.6. The summed E-state index contributed by atoms with van der Waals surface area (Å²) in [5.74, 6) is -3.80. The molecule has 0 unspecified atom stereocenters. The number of hydrogen-bond donors (Lipinski definition) is 1. The third kappa shape index (κ3) is 8.68. The number of aryl methyl sites for hydroxylation is 1. The van der Waals surface area contributed by atoms with Gasteiger partial charge in [-0.3, -0.25) is 24.0 Å². The number of carbonyl (C=O) groups excluding carboxylic acids is 5. The van der Waals surface area contributed by atoms with Crippen molar-refractivity contribution in [3.05, 3.63) is 111 Å². The largest absolute Gasteiger partial charge is 0.465 e. The summed E-state index contributed by atoms with van der Waals surface area (Å²) in [7, 11) is 3.01. The Balaban J connectivity index is 1.60. The molecule has 4 aromatic rings. The number of hydrogen-bond acceptors (Lipinski definition) is 9. The fourth-order valence-electron chi connectivity index (χ4n) is 5.37. The van der Waals surface area contributed by atoms with E-state index in [0.29, 0.717) is 27.1 Å². The number of anilines is 1. The molecule has 1 heterocycles. The van der Waals surface area contributed by atoms with Crippen molar-refractivity contribution >= 4 is 46.7 Å². The fourth-order valence-corrected chi connectivity index (χ4v) is 6.46. The SMILES string of the molecule is CCOC(=O)C(COC(=O)Cc1ccc(NC(=O)c2ccccc2-c2ccc(C(F)(F)F)cc2)c(C(=O)N(C)C)c1)(C(=O)OCC)c1sccc1C. The van der Waals surface area contributed by atoms with E-state index >= 15 is 0 Å². The quantitative estimate of drug-likeness (QED) is 0.0897. The number of esters is 3. The Hall–Kier alpha value is -5.50. The molecule has 0 saturated carbocycles. The number of thiophene rings is 1. The predicted octanol–water partition coefficient (Wildman–Crippen LogP) is 6.85. The minimum absolute atomic E-state index is 0.0371. The summed E-state index contributed by atoms with van der Waals surface area (Å²) in [6.07, 6.45) is -4.89. The van der Waals surface area contributed by atoms with Crippen LogP contribution in [0.3, 0.4) is 0 Å². The van der Waals surface area contributed by atoms with Crippen LogP contribution in [0.5, 0.6) is 0 Å². The lowest BCUT2D eigenvalue weighted by Crippen LogP contribution is -2.50. The highest BCUT2D eigenvalue weighted by atomic mass is 32.1. The summed E-state index contributed by atoms with van der Waals surface area (Å²) in [5.41, 5.74) is -0.921. The molecule has 3 aromatic carbocycles. The molecule has 0 fully saturated rings. The maximum Gasteiger partial charge on any atom is 0.416 e. The van der Waals surface area contributed by atoms with Crippen LogP contribution in [0.2, 0.25) is 0 Å². The van der Waals surface area contributed by atoms with Gasteiger partial charge < -0.3 is 24.4 Å². The van der Waals surface area contributed by atoms with Crippen LogP contribution in [-0.2, 0) is 46.6 Å². The monoisotopic (exact) mass is 738 g/mol. The van der Waals surface area contributed by atoms with Gasteiger partial charge in [-0.25, -0.2) is 0 Å². The van der Waals surface area contributed by atoms with E-state index in [1.807, 2.05) is 0 Å². The molecular weight excluding hydrogens is 701 g/mol. The highest BCUT2D eigenvalue weighted by molar-refractivity contribution is 7.10. The number of alkyl halides is 3. The molecule has 0 aliphatic rings. The first-order valence-electron chi connectivity index (χ1n) is 16.1. The lowest BCUT2D eigenvalue weighted by molar-refractivity contribution is -0.170. The van der Waals surface area contributed by atoms with Gasteiger partial charge in [-0.15, -0.1) is 11.3 Å². The van der Waals surface area contributed by atoms with Crippen LogP contribution >= 0.6 is 11.3 Å². The number of benzene rings is 3. The molecule has 52 heavy (non-hydrogen) atoms. The number of halogens is 3. The molecule has 1 aromatic heterocycles. The highest BCUT2D eigenvalue weighted by Gasteiger charge is 2.54. The Labute approximate surface area is 302 Å². The molecule has 0 saturated heterocycles. The van der Waals surface area contributed by atoms with Crippen LogP contribution in [-0.4, -0.2) is 68.5 Å². The van der Waals surface area contributed by atoms with Gasteiger partial charge in [0.05, 0.1) is 36.4 Å². The van der Waals surface area contributed by atoms with Gasteiger partial charge in [-0.1, -0.05) is 36.4 Å². The highest BCUT2D eigenvalue weighted by Crippen LogP contribution is 2.36. The Morgan fingerprint density at radius 1 is 0.808 bits per heavy atom. The van der Waals surface area contributed by atoms with Crippen molar-refractivity contribution < 1.29 is 51.4 Å². The number of rotatable bonds is 13. The zero-order valence-corrected chi connectivity index (χ0v) is 29.9. The van der Waals surface area contributed by atoms with Gasteiger partial charge in [0.2, 0.25) is 5.41 Å². The summed E-state index contributed by atoms with van der Waals surface area (Å²) >= 11 is 1.12. The molecule has 10 nitrogen and oxygen atoms in total. The fraction of sp³-hybridized carbons (Fsp3) is 0.289. The lowest BCUT2D eigenvalue weighted by Gasteiger charge is -2.28. The molecular formula is C38H37F3N2O8S. The Bertz CT molecular complexity index is 1940. The maximum absolute atomic E-state index is 13.6. The second-order valence-corrected chi connectivity index (χ2v) is 12.7. The second-order valence-electron chi connectivity index (χ2n) is 11.8. The average Bonchev–Trinajstić information content (AvgIpc) is 3.54. The van der Waals surface area contributed by atoms with Crippen LogP contribution in [0.25, 0.3) is 11.1 Å². The summed E-state index contributed by atoms with van der Waals surface area (Å²) in [4.78, 5) is 68.4. The summed E-state index contributed by atoms with van der Waals surface area (Å²) < 4.78 is 55.5. The second kappa shape index (κ2) is 16.7. The van der Waals surface area contributed by atoms with E-state index in [0.717, 1.165) is 23.5 Å². The Morgan fingerprint density at radius 3 is 2.00 bits per heavy atom. The molecule has 14 heteroatoms. The van der Waals surface area contributed by atoms with E-state index < -0.39 is 53.5 Å². The van der Waals surface area contributed by atoms with Crippen molar-refractivity contribution in [2.45, 2.75) is 38.8 Å². The average molecular weight is 739 g/mol. The van der Waals surface area contributed by atoms with E-state index in [2.05, 4.69) is 5.32 Å². The zero-order valence-electron chi connectivity index (χ0n) is 29.1. The van der Waals surface area contributed by atoms with Gasteiger partial charge in [-0.2, -0.15) is 13.2 Å². The number of ether oxygens (including phenoxy) is 3. The lowest BCUT2D eigenvalue weighted by atomic mass is 9.85. The topological polar surface area (TPSA) is 128 Å². The van der Waals surface area contributed by atoms with Gasteiger partial charge in [0.25, 0.3) is 11.8 Å². The van der Waals surface area contributed by atoms with Gasteiger partial charge in [0.1, 0.15) is 6.61 Å². The molecule has 0 atom stereocenters. The zero-order chi connectivity index (χ0) is 38.2. The van der Waals surface area contributed by atoms with Gasteiger partial charge >= 0.3 is 24.1 Å². The molecule has 0 bridgehead atoms. The minimum atomic E-state index is -4.52. The molecule has 0 spiro atoms. The van der Waals surface area contributed by atoms with Crippen molar-refractivity contribution in [3.63, 3.8) is 0 Å². The molecule has 274 valence electrons. The van der Waals surface area contributed by atoms with E-state index in [1.54, 1.807) is 50.4 Å². The van der Waals surface area contributed by atoms with Crippen LogP contribution < -0.4 is 5.32 Å². The third-order valence-electron chi connectivity index (χ3n) is 7.96. The van der Waals surface area contributed by atoms with Crippen LogP contribution in [0.1, 0.15) is 56.1 Å². The molecule has 0 radical (unpaired) electrons. The molecule has 2 amide bonds. The molecule has 1 N–H and O–H groups in total. The number of amides is 2. The van der Waals surface area contributed by atoms with Crippen molar-refractivity contribution in [1.82, 2.24) is 4.90 Å². The van der Waals surface area contributed by atoms with E-state index in [1.165, 1.54) is 55.4 Å². The molecule has 0 aliphatic heterocycles. The smallest absolute Gasteiger partial charge is 0.416 e. The predicted molar refractivity (Wildman–Crippen MR) is 188 cm³/mol. The number of carbonyl (C=O) groups is 5. The van der Waals surface area contributed by atoms with E-state index in [9.17, 15) is 37.1 Å². The Morgan fingerprint density at radius 2 is 1.44 bits per heavy atom.